The molecule has 1 fully saturated rings. The van der Waals surface area contributed by atoms with E-state index in [-0.39, 0.29) is 36.9 Å². The maximum Gasteiger partial charge on any atom is 0.416 e. The first-order valence-electron chi connectivity index (χ1n) is 7.70. The number of anilines is 1. The third kappa shape index (κ3) is 3.51. The first-order chi connectivity index (χ1) is 12.1. The molecule has 1 aliphatic heterocycles. The highest BCUT2D eigenvalue weighted by Gasteiger charge is 2.32. The van der Waals surface area contributed by atoms with Crippen LogP contribution in [-0.2, 0) is 18.0 Å². The molecule has 0 atom stereocenters. The van der Waals surface area contributed by atoms with Gasteiger partial charge in [-0.2, -0.15) is 18.3 Å². The second kappa shape index (κ2) is 6.39. The molecule has 26 heavy (non-hydrogen) atoms. The molecule has 1 saturated heterocycles. The Bertz CT molecular complexity index is 858. The highest BCUT2D eigenvalue weighted by molar-refractivity contribution is 5.92. The number of aryl methyl sites for hydroxylation is 1. The Kier molecular flexibility index (Phi) is 4.38. The smallest absolute Gasteiger partial charge is 0.416 e. The van der Waals surface area contributed by atoms with Gasteiger partial charge in [-0.1, -0.05) is 0 Å². The number of carboxylic acid groups (broad SMARTS) is 1. The normalized spacial score (nSPS) is 15.0. The minimum absolute atomic E-state index is 0.171. The lowest BCUT2D eigenvalue weighted by molar-refractivity contribution is -0.137. The van der Waals surface area contributed by atoms with E-state index in [4.69, 9.17) is 5.11 Å². The van der Waals surface area contributed by atoms with Crippen LogP contribution in [0.1, 0.15) is 5.56 Å². The van der Waals surface area contributed by atoms with Crippen molar-refractivity contribution in [2.45, 2.75) is 12.2 Å². The van der Waals surface area contributed by atoms with Gasteiger partial charge in [0, 0.05) is 25.5 Å². The molecule has 0 spiro atoms. The molecule has 3 rings (SSSR count). The molecule has 2 aromatic rings. The number of nitrogens with one attached hydrogen (secondary N) is 2. The Morgan fingerprint density at radius 3 is 2.65 bits per heavy atom. The summed E-state index contributed by atoms with van der Waals surface area (Å²) >= 11 is 0. The number of fused-ring (bicyclic) bond motifs is 1. The van der Waals surface area contributed by atoms with E-state index in [1.165, 1.54) is 10.7 Å². The molecule has 3 N–H and O–H groups in total. The van der Waals surface area contributed by atoms with Crippen LogP contribution in [0.4, 0.5) is 23.8 Å². The summed E-state index contributed by atoms with van der Waals surface area (Å²) in [6.07, 6.45) is -5.52. The number of hydrogen-bond donors (Lipinski definition) is 3. The Hall–Kier alpha value is -2.98. The second-order valence-electron chi connectivity index (χ2n) is 6.01. The average molecular weight is 371 g/mol. The summed E-state index contributed by atoms with van der Waals surface area (Å²) in [6.45, 7) is 0.233. The van der Waals surface area contributed by atoms with Crippen LogP contribution in [0.2, 0.25) is 0 Å². The number of aromatic nitrogens is 2. The van der Waals surface area contributed by atoms with E-state index in [0.29, 0.717) is 5.52 Å². The predicted octanol–water partition coefficient (Wildman–Crippen LogP) is 1.48. The predicted molar refractivity (Wildman–Crippen MR) is 85.7 cm³/mol. The molecule has 0 radical (unpaired) electrons. The zero-order valence-corrected chi connectivity index (χ0v) is 13.7. The van der Waals surface area contributed by atoms with Gasteiger partial charge in [-0.25, -0.2) is 4.79 Å². The van der Waals surface area contributed by atoms with Crippen LogP contribution in [0.5, 0.6) is 0 Å². The number of carbonyl (C=O) groups is 2. The fourth-order valence-corrected chi connectivity index (χ4v) is 2.74. The minimum Gasteiger partial charge on any atom is -0.465 e. The quantitative estimate of drug-likeness (QED) is 0.756. The molecule has 0 bridgehead atoms. The number of hydrogen-bond acceptors (Lipinski definition) is 4. The van der Waals surface area contributed by atoms with Crippen LogP contribution < -0.4 is 10.6 Å². The lowest BCUT2D eigenvalue weighted by atomic mass is 10.1. The van der Waals surface area contributed by atoms with Crippen molar-refractivity contribution < 1.29 is 27.9 Å². The van der Waals surface area contributed by atoms with Gasteiger partial charge in [-0.3, -0.25) is 9.48 Å². The maximum atomic E-state index is 12.9. The SMILES string of the molecule is Cn1nc(NCC(=O)NC2CN(C(=O)O)C2)c2cc(C(F)(F)F)ccc21. The van der Waals surface area contributed by atoms with Crippen molar-refractivity contribution in [1.82, 2.24) is 20.0 Å². The molecule has 8 nitrogen and oxygen atoms in total. The first-order valence-corrected chi connectivity index (χ1v) is 7.70. The van der Waals surface area contributed by atoms with Crippen LogP contribution in [0.15, 0.2) is 18.2 Å². The van der Waals surface area contributed by atoms with Crippen LogP contribution in [0.25, 0.3) is 10.9 Å². The molecule has 0 saturated carbocycles. The summed E-state index contributed by atoms with van der Waals surface area (Å²) in [4.78, 5) is 23.7. The van der Waals surface area contributed by atoms with Crippen molar-refractivity contribution in [2.75, 3.05) is 25.0 Å². The van der Waals surface area contributed by atoms with Gasteiger partial charge < -0.3 is 20.6 Å². The van der Waals surface area contributed by atoms with E-state index in [0.717, 1.165) is 17.0 Å². The maximum absolute atomic E-state index is 12.9. The topological polar surface area (TPSA) is 99.5 Å². The third-order valence-corrected chi connectivity index (χ3v) is 4.11. The van der Waals surface area contributed by atoms with Crippen molar-refractivity contribution in [1.29, 1.82) is 0 Å². The van der Waals surface area contributed by atoms with E-state index < -0.39 is 23.7 Å². The highest BCUT2D eigenvalue weighted by atomic mass is 19.4. The van der Waals surface area contributed by atoms with Crippen molar-refractivity contribution in [3.63, 3.8) is 0 Å². The number of rotatable bonds is 4. The van der Waals surface area contributed by atoms with Crippen molar-refractivity contribution in [2.24, 2.45) is 7.05 Å². The molecule has 2 amide bonds. The third-order valence-electron chi connectivity index (χ3n) is 4.11. The van der Waals surface area contributed by atoms with Crippen LogP contribution in [0, 0.1) is 0 Å². The number of benzene rings is 1. The second-order valence-corrected chi connectivity index (χ2v) is 6.01. The number of nitrogens with zero attached hydrogens (tertiary/aromatic N) is 3. The van der Waals surface area contributed by atoms with Crippen LogP contribution in [-0.4, -0.2) is 57.5 Å². The standard InChI is InChI=1S/C15H16F3N5O3/c1-22-11-3-2-8(15(16,17)18)4-10(11)13(21-22)19-5-12(24)20-9-6-23(7-9)14(25)26/h2-4,9H,5-7H2,1H3,(H,19,21)(H,20,24)(H,25,26). The van der Waals surface area contributed by atoms with Gasteiger partial charge in [0.2, 0.25) is 5.91 Å². The zero-order valence-electron chi connectivity index (χ0n) is 13.7. The Morgan fingerprint density at radius 2 is 2.04 bits per heavy atom. The summed E-state index contributed by atoms with van der Waals surface area (Å²) in [5.41, 5.74) is -0.300. The molecule has 0 aliphatic carbocycles. The molecular weight excluding hydrogens is 355 g/mol. The zero-order chi connectivity index (χ0) is 19.1. The van der Waals surface area contributed by atoms with E-state index >= 15 is 0 Å². The van der Waals surface area contributed by atoms with E-state index in [1.807, 2.05) is 0 Å². The Balaban J connectivity index is 1.65. The van der Waals surface area contributed by atoms with Gasteiger partial charge in [0.05, 0.1) is 23.7 Å². The van der Waals surface area contributed by atoms with Crippen molar-refractivity contribution in [3.05, 3.63) is 23.8 Å². The summed E-state index contributed by atoms with van der Waals surface area (Å²) < 4.78 is 40.1. The minimum atomic E-state index is -4.47. The molecule has 11 heteroatoms. The Morgan fingerprint density at radius 1 is 1.35 bits per heavy atom. The highest BCUT2D eigenvalue weighted by Crippen LogP contribution is 2.33. The van der Waals surface area contributed by atoms with Gasteiger partial charge in [0.1, 0.15) is 0 Å². The monoisotopic (exact) mass is 371 g/mol. The number of likely N-dealkylation sites (tertiary alicyclic amines) is 1. The number of alkyl halides is 3. The van der Waals surface area contributed by atoms with Crippen LogP contribution in [0.3, 0.4) is 0 Å². The molecule has 140 valence electrons. The van der Waals surface area contributed by atoms with Crippen molar-refractivity contribution >= 4 is 28.7 Å². The first kappa shape index (κ1) is 17.8. The van der Waals surface area contributed by atoms with E-state index in [1.54, 1.807) is 7.05 Å². The van der Waals surface area contributed by atoms with Gasteiger partial charge >= 0.3 is 12.3 Å². The Labute approximate surface area is 145 Å². The largest absolute Gasteiger partial charge is 0.465 e. The summed E-state index contributed by atoms with van der Waals surface area (Å²) in [5.74, 6) is -0.227. The van der Waals surface area contributed by atoms with Crippen LogP contribution >= 0.6 is 0 Å². The summed E-state index contributed by atoms with van der Waals surface area (Å²) in [5, 5.41) is 18.5. The molecule has 1 aromatic carbocycles. The van der Waals surface area contributed by atoms with Gasteiger partial charge in [0.15, 0.2) is 5.82 Å². The number of carbonyl (C=O) groups excluding carboxylic acids is 1. The summed E-state index contributed by atoms with van der Waals surface area (Å²) in [7, 11) is 1.59. The fourth-order valence-electron chi connectivity index (χ4n) is 2.74. The summed E-state index contributed by atoms with van der Waals surface area (Å²) in [6, 6.07) is 3.02. The molecule has 1 aromatic heterocycles. The average Bonchev–Trinajstić information content (AvgIpc) is 2.83. The number of amides is 2. The fraction of sp³-hybridized carbons (Fsp3) is 0.400. The van der Waals surface area contributed by atoms with Gasteiger partial charge in [-0.05, 0) is 18.2 Å². The van der Waals surface area contributed by atoms with Crippen molar-refractivity contribution in [3.8, 4) is 0 Å². The lowest BCUT2D eigenvalue weighted by Gasteiger charge is -2.37. The molecular formula is C15H16F3N5O3. The van der Waals surface area contributed by atoms with Gasteiger partial charge in [0.25, 0.3) is 0 Å². The molecule has 1 aliphatic rings. The van der Waals surface area contributed by atoms with Gasteiger partial charge in [-0.15, -0.1) is 0 Å². The molecule has 2 heterocycles. The number of halogens is 3. The molecule has 0 unspecified atom stereocenters. The van der Waals surface area contributed by atoms with E-state index in [2.05, 4.69) is 15.7 Å². The lowest BCUT2D eigenvalue weighted by Crippen LogP contribution is -2.61. The van der Waals surface area contributed by atoms with E-state index in [9.17, 15) is 22.8 Å².